The van der Waals surface area contributed by atoms with E-state index in [1.807, 2.05) is 59.4 Å². The maximum atomic E-state index is 12.8. The van der Waals surface area contributed by atoms with E-state index in [9.17, 15) is 4.79 Å². The monoisotopic (exact) mass is 387 g/mol. The lowest BCUT2D eigenvalue weighted by molar-refractivity contribution is 0.0948. The van der Waals surface area contributed by atoms with Gasteiger partial charge in [0, 0.05) is 43.4 Å². The van der Waals surface area contributed by atoms with Gasteiger partial charge in [-0.2, -0.15) is 5.10 Å². The summed E-state index contributed by atoms with van der Waals surface area (Å²) in [6, 6.07) is 15.6. The van der Waals surface area contributed by atoms with Crippen LogP contribution in [0.25, 0.3) is 11.3 Å². The van der Waals surface area contributed by atoms with Crippen molar-refractivity contribution in [2.24, 2.45) is 0 Å². The first-order chi connectivity index (χ1) is 14.3. The third-order valence-corrected chi connectivity index (χ3v) is 4.49. The van der Waals surface area contributed by atoms with E-state index in [0.717, 1.165) is 24.1 Å². The van der Waals surface area contributed by atoms with Gasteiger partial charge in [-0.1, -0.05) is 35.5 Å². The predicted molar refractivity (Wildman–Crippen MR) is 108 cm³/mol. The fourth-order valence-corrected chi connectivity index (χ4v) is 3.09. The second-order valence-electron chi connectivity index (χ2n) is 6.54. The van der Waals surface area contributed by atoms with Crippen LogP contribution >= 0.6 is 0 Å². The van der Waals surface area contributed by atoms with Gasteiger partial charge in [-0.05, 0) is 30.2 Å². The Morgan fingerprint density at radius 3 is 2.59 bits per heavy atom. The quantitative estimate of drug-likeness (QED) is 0.469. The number of rotatable bonds is 8. The smallest absolute Gasteiger partial charge is 0.274 e. The SMILES string of the molecule is O=C(NCCCn1cccn1)c1nnn(Cc2ccccc2)c1-c1ccncc1. The van der Waals surface area contributed by atoms with Gasteiger partial charge in [0.1, 0.15) is 5.69 Å². The molecule has 0 spiro atoms. The summed E-state index contributed by atoms with van der Waals surface area (Å²) in [5, 5.41) is 15.5. The molecule has 1 amide bonds. The van der Waals surface area contributed by atoms with E-state index in [-0.39, 0.29) is 5.91 Å². The molecule has 3 heterocycles. The molecule has 29 heavy (non-hydrogen) atoms. The number of nitrogens with zero attached hydrogens (tertiary/aromatic N) is 6. The van der Waals surface area contributed by atoms with Crippen LogP contribution in [0.5, 0.6) is 0 Å². The van der Waals surface area contributed by atoms with E-state index >= 15 is 0 Å². The molecule has 8 heteroatoms. The van der Waals surface area contributed by atoms with E-state index in [2.05, 4.69) is 25.7 Å². The molecular formula is C21H21N7O. The lowest BCUT2D eigenvalue weighted by atomic mass is 10.1. The van der Waals surface area contributed by atoms with Crippen molar-refractivity contribution in [3.63, 3.8) is 0 Å². The van der Waals surface area contributed by atoms with Gasteiger partial charge in [0.05, 0.1) is 6.54 Å². The van der Waals surface area contributed by atoms with Gasteiger partial charge in [-0.3, -0.25) is 14.5 Å². The summed E-state index contributed by atoms with van der Waals surface area (Å²) in [6.07, 6.45) is 7.81. The van der Waals surface area contributed by atoms with Crippen LogP contribution in [0, 0.1) is 0 Å². The minimum atomic E-state index is -0.239. The van der Waals surface area contributed by atoms with Crippen LogP contribution in [-0.4, -0.2) is 42.2 Å². The molecule has 1 aromatic carbocycles. The topological polar surface area (TPSA) is 90.5 Å². The number of pyridine rings is 1. The standard InChI is InChI=1S/C21H21N7O/c29-21(23-10-4-14-27-15-5-11-24-27)19-20(18-8-12-22-13-9-18)28(26-25-19)16-17-6-2-1-3-7-17/h1-3,5-9,11-13,15H,4,10,14,16H2,(H,23,29). The van der Waals surface area contributed by atoms with Crippen LogP contribution in [0.15, 0.2) is 73.3 Å². The average molecular weight is 387 g/mol. The van der Waals surface area contributed by atoms with Crippen molar-refractivity contribution < 1.29 is 4.79 Å². The number of carbonyl (C=O) groups is 1. The maximum Gasteiger partial charge on any atom is 0.274 e. The van der Waals surface area contributed by atoms with Crippen molar-refractivity contribution in [1.29, 1.82) is 0 Å². The van der Waals surface area contributed by atoms with Crippen molar-refractivity contribution in [2.45, 2.75) is 19.5 Å². The van der Waals surface area contributed by atoms with Crippen molar-refractivity contribution in [2.75, 3.05) is 6.54 Å². The normalized spacial score (nSPS) is 10.8. The summed E-state index contributed by atoms with van der Waals surface area (Å²) in [6.45, 7) is 1.79. The van der Waals surface area contributed by atoms with Gasteiger partial charge in [0.15, 0.2) is 5.69 Å². The molecule has 146 valence electrons. The molecule has 0 radical (unpaired) electrons. The van der Waals surface area contributed by atoms with Gasteiger partial charge in [-0.15, -0.1) is 5.10 Å². The number of hydrogen-bond acceptors (Lipinski definition) is 5. The molecule has 0 bridgehead atoms. The minimum absolute atomic E-state index is 0.239. The van der Waals surface area contributed by atoms with E-state index in [0.29, 0.717) is 24.5 Å². The molecule has 1 N–H and O–H groups in total. The van der Waals surface area contributed by atoms with Crippen molar-refractivity contribution in [3.05, 3.63) is 84.6 Å². The predicted octanol–water partition coefficient (Wildman–Crippen LogP) is 2.40. The summed E-state index contributed by atoms with van der Waals surface area (Å²) in [7, 11) is 0. The molecule has 8 nitrogen and oxygen atoms in total. The molecular weight excluding hydrogens is 366 g/mol. The zero-order chi connectivity index (χ0) is 19.9. The number of amides is 1. The van der Waals surface area contributed by atoms with Crippen molar-refractivity contribution >= 4 is 5.91 Å². The van der Waals surface area contributed by atoms with Crippen LogP contribution in [0.4, 0.5) is 0 Å². The van der Waals surface area contributed by atoms with Crippen LogP contribution in [-0.2, 0) is 13.1 Å². The summed E-state index contributed by atoms with van der Waals surface area (Å²) in [5.41, 5.74) is 2.92. The molecule has 0 atom stereocenters. The summed E-state index contributed by atoms with van der Waals surface area (Å²) in [4.78, 5) is 16.9. The lowest BCUT2D eigenvalue weighted by Crippen LogP contribution is -2.26. The Hall–Kier alpha value is -3.81. The Morgan fingerprint density at radius 2 is 1.83 bits per heavy atom. The van der Waals surface area contributed by atoms with E-state index < -0.39 is 0 Å². The third-order valence-electron chi connectivity index (χ3n) is 4.49. The number of benzene rings is 1. The first-order valence-corrected chi connectivity index (χ1v) is 9.45. The molecule has 4 rings (SSSR count). The second kappa shape index (κ2) is 8.92. The van der Waals surface area contributed by atoms with Gasteiger partial charge in [0.2, 0.25) is 0 Å². The van der Waals surface area contributed by atoms with Crippen LogP contribution in [0.3, 0.4) is 0 Å². The van der Waals surface area contributed by atoms with Gasteiger partial charge in [-0.25, -0.2) is 4.68 Å². The summed E-state index contributed by atoms with van der Waals surface area (Å²) < 4.78 is 3.59. The Labute approximate surface area is 168 Å². The first kappa shape index (κ1) is 18.5. The van der Waals surface area contributed by atoms with E-state index in [1.165, 1.54) is 0 Å². The van der Waals surface area contributed by atoms with Crippen LogP contribution < -0.4 is 5.32 Å². The molecule has 0 aliphatic rings. The van der Waals surface area contributed by atoms with Crippen molar-refractivity contribution in [3.8, 4) is 11.3 Å². The Morgan fingerprint density at radius 1 is 1.00 bits per heavy atom. The Bertz CT molecular complexity index is 1040. The van der Waals surface area contributed by atoms with Gasteiger partial charge < -0.3 is 5.32 Å². The van der Waals surface area contributed by atoms with Crippen molar-refractivity contribution in [1.82, 2.24) is 35.1 Å². The van der Waals surface area contributed by atoms with Crippen LogP contribution in [0.1, 0.15) is 22.5 Å². The molecule has 0 saturated carbocycles. The molecule has 3 aromatic heterocycles. The number of hydrogen-bond donors (Lipinski definition) is 1. The Balaban J connectivity index is 1.52. The summed E-state index contributed by atoms with van der Waals surface area (Å²) >= 11 is 0. The number of carbonyl (C=O) groups excluding carboxylic acids is 1. The molecule has 4 aromatic rings. The number of aryl methyl sites for hydroxylation is 1. The minimum Gasteiger partial charge on any atom is -0.351 e. The van der Waals surface area contributed by atoms with E-state index in [4.69, 9.17) is 0 Å². The molecule has 0 fully saturated rings. The molecule has 0 unspecified atom stereocenters. The van der Waals surface area contributed by atoms with Gasteiger partial charge >= 0.3 is 0 Å². The van der Waals surface area contributed by atoms with Gasteiger partial charge in [0.25, 0.3) is 5.91 Å². The highest BCUT2D eigenvalue weighted by Gasteiger charge is 2.21. The zero-order valence-electron chi connectivity index (χ0n) is 15.8. The Kier molecular flexibility index (Phi) is 5.70. The highest BCUT2D eigenvalue weighted by Crippen LogP contribution is 2.22. The first-order valence-electron chi connectivity index (χ1n) is 9.45. The fourth-order valence-electron chi connectivity index (χ4n) is 3.09. The molecule has 0 aliphatic carbocycles. The van der Waals surface area contributed by atoms with E-state index in [1.54, 1.807) is 23.3 Å². The average Bonchev–Trinajstić information content (AvgIpc) is 3.42. The fraction of sp³-hybridized carbons (Fsp3) is 0.190. The van der Waals surface area contributed by atoms with Crippen LogP contribution in [0.2, 0.25) is 0 Å². The largest absolute Gasteiger partial charge is 0.351 e. The third kappa shape index (κ3) is 4.55. The highest BCUT2D eigenvalue weighted by molar-refractivity contribution is 5.98. The lowest BCUT2D eigenvalue weighted by Gasteiger charge is -2.09. The highest BCUT2D eigenvalue weighted by atomic mass is 16.2. The second-order valence-corrected chi connectivity index (χ2v) is 6.54. The number of aromatic nitrogens is 6. The molecule has 0 saturated heterocycles. The molecule has 0 aliphatic heterocycles. The summed E-state index contributed by atoms with van der Waals surface area (Å²) in [5.74, 6) is -0.239. The zero-order valence-corrected chi connectivity index (χ0v) is 15.8. The maximum absolute atomic E-state index is 12.8. The number of nitrogens with one attached hydrogen (secondary N) is 1.